The standard InChI is InChI=1S/C7H14FNO5S/c1-7(2,3)12-6(10)5(9)4-11-13-14-15-8/h5H,4,9H2,1-3H3. The molecular weight excluding hydrogens is 229 g/mol. The van der Waals surface area contributed by atoms with Crippen molar-refractivity contribution in [3.05, 3.63) is 0 Å². The first-order valence-corrected chi connectivity index (χ1v) is 4.73. The third-order valence-electron chi connectivity index (χ3n) is 1.06. The molecule has 90 valence electrons. The Morgan fingerprint density at radius 3 is 2.60 bits per heavy atom. The minimum atomic E-state index is -1.02. The third-order valence-corrected chi connectivity index (χ3v) is 1.17. The molecule has 0 bridgehead atoms. The van der Waals surface area contributed by atoms with E-state index in [9.17, 15) is 8.68 Å². The maximum absolute atomic E-state index is 11.3. The molecule has 1 unspecified atom stereocenters. The number of nitrogens with two attached hydrogens (primary N) is 1. The zero-order valence-corrected chi connectivity index (χ0v) is 9.51. The molecule has 0 aliphatic heterocycles. The van der Waals surface area contributed by atoms with Crippen molar-refractivity contribution in [1.82, 2.24) is 0 Å². The zero-order valence-electron chi connectivity index (χ0n) is 8.69. The van der Waals surface area contributed by atoms with Crippen molar-refractivity contribution in [1.29, 1.82) is 0 Å². The Morgan fingerprint density at radius 2 is 2.13 bits per heavy atom. The van der Waals surface area contributed by atoms with Crippen molar-refractivity contribution in [3.63, 3.8) is 0 Å². The van der Waals surface area contributed by atoms with Crippen LogP contribution in [-0.2, 0) is 23.8 Å². The Labute approximate surface area is 91.5 Å². The Hall–Kier alpha value is -0.410. The van der Waals surface area contributed by atoms with E-state index >= 15 is 0 Å². The summed E-state index contributed by atoms with van der Waals surface area (Å²) in [5, 5.41) is 3.83. The molecule has 0 aromatic carbocycles. The van der Waals surface area contributed by atoms with Gasteiger partial charge in [0.05, 0.1) is 0 Å². The van der Waals surface area contributed by atoms with Crippen molar-refractivity contribution in [2.75, 3.05) is 6.61 Å². The van der Waals surface area contributed by atoms with Crippen LogP contribution >= 0.6 is 12.4 Å². The molecule has 0 aliphatic carbocycles. The quantitative estimate of drug-likeness (QED) is 0.246. The molecule has 0 saturated carbocycles. The van der Waals surface area contributed by atoms with Crippen LogP contribution < -0.4 is 5.73 Å². The van der Waals surface area contributed by atoms with Gasteiger partial charge in [0.15, 0.2) is 0 Å². The molecule has 0 rings (SSSR count). The van der Waals surface area contributed by atoms with E-state index in [1.54, 1.807) is 20.8 Å². The lowest BCUT2D eigenvalue weighted by Crippen LogP contribution is -2.40. The SMILES string of the molecule is CC(C)(C)OC(=O)C(N)COOOSF. The summed E-state index contributed by atoms with van der Waals surface area (Å²) in [5.74, 6) is -0.640. The average molecular weight is 243 g/mol. The topological polar surface area (TPSA) is 80.0 Å². The number of carbonyl (C=O) groups excluding carboxylic acids is 1. The minimum Gasteiger partial charge on any atom is -0.459 e. The zero-order chi connectivity index (χ0) is 11.9. The van der Waals surface area contributed by atoms with Crippen molar-refractivity contribution in [2.45, 2.75) is 32.4 Å². The molecule has 6 nitrogen and oxygen atoms in total. The number of hydrogen-bond donors (Lipinski definition) is 1. The predicted octanol–water partition coefficient (Wildman–Crippen LogP) is 1.07. The Morgan fingerprint density at radius 1 is 1.53 bits per heavy atom. The molecule has 1 atom stereocenters. The van der Waals surface area contributed by atoms with Gasteiger partial charge in [0.2, 0.25) is 12.4 Å². The Bertz CT molecular complexity index is 198. The highest BCUT2D eigenvalue weighted by atomic mass is 32.2. The van der Waals surface area contributed by atoms with Gasteiger partial charge in [-0.05, 0) is 20.8 Å². The monoisotopic (exact) mass is 243 g/mol. The second-order valence-electron chi connectivity index (χ2n) is 3.62. The molecular formula is C7H14FNO5S. The maximum Gasteiger partial charge on any atom is 0.325 e. The molecule has 0 aromatic rings. The van der Waals surface area contributed by atoms with Crippen molar-refractivity contribution in [3.8, 4) is 0 Å². The predicted molar refractivity (Wildman–Crippen MR) is 50.6 cm³/mol. The van der Waals surface area contributed by atoms with Crippen LogP contribution in [0, 0.1) is 0 Å². The fourth-order valence-electron chi connectivity index (χ4n) is 0.577. The maximum atomic E-state index is 11.3. The Kier molecular flexibility index (Phi) is 6.77. The van der Waals surface area contributed by atoms with Crippen LogP contribution in [0.25, 0.3) is 0 Å². The first kappa shape index (κ1) is 14.6. The number of carbonyl (C=O) groups is 1. The number of hydrogen-bond acceptors (Lipinski definition) is 7. The van der Waals surface area contributed by atoms with E-state index in [1.807, 2.05) is 0 Å². The van der Waals surface area contributed by atoms with Crippen molar-refractivity contribution >= 4 is 18.4 Å². The van der Waals surface area contributed by atoms with Gasteiger partial charge in [0.1, 0.15) is 18.2 Å². The van der Waals surface area contributed by atoms with Crippen molar-refractivity contribution < 1.29 is 27.7 Å². The molecule has 0 saturated heterocycles. The van der Waals surface area contributed by atoms with Crippen LogP contribution in [-0.4, -0.2) is 24.2 Å². The number of ether oxygens (including phenoxy) is 1. The highest BCUT2D eigenvalue weighted by Crippen LogP contribution is 2.08. The summed E-state index contributed by atoms with van der Waals surface area (Å²) >= 11 is -0.533. The largest absolute Gasteiger partial charge is 0.459 e. The van der Waals surface area contributed by atoms with Gasteiger partial charge in [0, 0.05) is 0 Å². The average Bonchev–Trinajstić information content (AvgIpc) is 2.09. The second kappa shape index (κ2) is 6.96. The summed E-state index contributed by atoms with van der Waals surface area (Å²) in [6, 6.07) is -1.02. The molecule has 0 aromatic heterocycles. The van der Waals surface area contributed by atoms with Gasteiger partial charge < -0.3 is 10.5 Å². The fraction of sp³-hybridized carbons (Fsp3) is 0.857. The molecule has 8 heteroatoms. The molecule has 0 fully saturated rings. The van der Waals surface area contributed by atoms with Gasteiger partial charge in [-0.1, -0.05) is 9.37 Å². The molecule has 15 heavy (non-hydrogen) atoms. The summed E-state index contributed by atoms with van der Waals surface area (Å²) in [4.78, 5) is 15.5. The number of esters is 1. The second-order valence-corrected chi connectivity index (χ2v) is 3.89. The fourth-order valence-corrected chi connectivity index (χ4v) is 0.637. The molecule has 0 aliphatic rings. The summed E-state index contributed by atoms with van der Waals surface area (Å²) in [5.41, 5.74) is 4.75. The van der Waals surface area contributed by atoms with Gasteiger partial charge in [-0.3, -0.25) is 4.79 Å². The smallest absolute Gasteiger partial charge is 0.325 e. The molecule has 0 radical (unpaired) electrons. The van der Waals surface area contributed by atoms with Crippen molar-refractivity contribution in [2.24, 2.45) is 5.73 Å². The molecule has 0 spiro atoms. The normalized spacial score (nSPS) is 13.7. The first-order valence-electron chi connectivity index (χ1n) is 4.09. The minimum absolute atomic E-state index is 0.296. The molecule has 0 heterocycles. The van der Waals surface area contributed by atoms with Crippen LogP contribution in [0.4, 0.5) is 3.89 Å². The molecule has 2 N–H and O–H groups in total. The van der Waals surface area contributed by atoms with Gasteiger partial charge in [-0.15, -0.1) is 3.89 Å². The van der Waals surface area contributed by atoms with Crippen LogP contribution in [0.5, 0.6) is 0 Å². The number of rotatable bonds is 6. The lowest BCUT2D eigenvalue weighted by Gasteiger charge is -2.21. The Balaban J connectivity index is 3.70. The van der Waals surface area contributed by atoms with E-state index in [4.69, 9.17) is 10.5 Å². The van der Waals surface area contributed by atoms with Crippen LogP contribution in [0.1, 0.15) is 20.8 Å². The van der Waals surface area contributed by atoms with E-state index in [2.05, 4.69) is 14.3 Å². The summed E-state index contributed by atoms with van der Waals surface area (Å²) in [6.07, 6.45) is 0. The highest BCUT2D eigenvalue weighted by Gasteiger charge is 2.22. The van der Waals surface area contributed by atoms with Gasteiger partial charge in [-0.25, -0.2) is 4.89 Å². The summed E-state index contributed by atoms with van der Waals surface area (Å²) in [6.45, 7) is 4.82. The van der Waals surface area contributed by atoms with Crippen LogP contribution in [0.15, 0.2) is 0 Å². The van der Waals surface area contributed by atoms with E-state index < -0.39 is 30.0 Å². The van der Waals surface area contributed by atoms with Crippen LogP contribution in [0.3, 0.4) is 0 Å². The lowest BCUT2D eigenvalue weighted by atomic mass is 10.2. The first-order chi connectivity index (χ1) is 6.87. The van der Waals surface area contributed by atoms with Gasteiger partial charge in [-0.2, -0.15) is 0 Å². The lowest BCUT2D eigenvalue weighted by molar-refractivity contribution is -0.461. The van der Waals surface area contributed by atoms with E-state index in [1.165, 1.54) is 0 Å². The van der Waals surface area contributed by atoms with Gasteiger partial charge >= 0.3 is 5.97 Å². The third kappa shape index (κ3) is 8.58. The molecule has 0 amide bonds. The summed E-state index contributed by atoms with van der Waals surface area (Å²) < 4.78 is 19.9. The number of halogens is 1. The summed E-state index contributed by atoms with van der Waals surface area (Å²) in [7, 11) is 0. The van der Waals surface area contributed by atoms with Gasteiger partial charge in [0.25, 0.3) is 0 Å². The van der Waals surface area contributed by atoms with E-state index in [-0.39, 0.29) is 6.61 Å². The van der Waals surface area contributed by atoms with E-state index in [0.29, 0.717) is 0 Å². The van der Waals surface area contributed by atoms with E-state index in [0.717, 1.165) is 0 Å². The van der Waals surface area contributed by atoms with Crippen LogP contribution in [0.2, 0.25) is 0 Å². The highest BCUT2D eigenvalue weighted by molar-refractivity contribution is 7.89.